The summed E-state index contributed by atoms with van der Waals surface area (Å²) in [4.78, 5) is 14.8. The van der Waals surface area contributed by atoms with Gasteiger partial charge in [0.15, 0.2) is 0 Å². The van der Waals surface area contributed by atoms with E-state index < -0.39 is 22.8 Å². The third-order valence-corrected chi connectivity index (χ3v) is 7.11. The molecule has 0 radical (unpaired) electrons. The number of amides is 1. The zero-order valence-electron chi connectivity index (χ0n) is 16.1. The van der Waals surface area contributed by atoms with Gasteiger partial charge in [-0.2, -0.15) is 0 Å². The highest BCUT2D eigenvalue weighted by Gasteiger charge is 2.35. The van der Waals surface area contributed by atoms with Crippen LogP contribution in [0, 0.1) is 5.82 Å². The van der Waals surface area contributed by atoms with Crippen molar-refractivity contribution in [1.82, 2.24) is 4.72 Å². The SMILES string of the molecule is CC(Br)c1ccc(N2CCC(NS(=O)c3ccc4cc(Cl)ccc4c3)C2=O)c(F)c1. The molecule has 0 saturated carbocycles. The fraction of sp³-hybridized carbons (Fsp3) is 0.227. The normalized spacial score (nSPS) is 18.7. The third-order valence-electron chi connectivity index (χ3n) is 5.16. The second kappa shape index (κ2) is 8.75. The molecule has 3 atom stereocenters. The lowest BCUT2D eigenvalue weighted by molar-refractivity contribution is -0.118. The lowest BCUT2D eigenvalue weighted by Gasteiger charge is -2.19. The Morgan fingerprint density at radius 3 is 2.63 bits per heavy atom. The smallest absolute Gasteiger partial charge is 0.245 e. The van der Waals surface area contributed by atoms with Gasteiger partial charge in [0.25, 0.3) is 0 Å². The number of carbonyl (C=O) groups excluding carboxylic acids is 1. The molecule has 4 rings (SSSR count). The maximum Gasteiger partial charge on any atom is 0.245 e. The summed E-state index contributed by atoms with van der Waals surface area (Å²) in [5.74, 6) is -0.725. The summed E-state index contributed by atoms with van der Waals surface area (Å²) >= 11 is 9.42. The van der Waals surface area contributed by atoms with Crippen LogP contribution in [-0.2, 0) is 15.8 Å². The van der Waals surface area contributed by atoms with Crippen molar-refractivity contribution in [3.05, 3.63) is 71.0 Å². The molecule has 1 saturated heterocycles. The van der Waals surface area contributed by atoms with Gasteiger partial charge in [-0.05, 0) is 66.1 Å². The number of anilines is 1. The van der Waals surface area contributed by atoms with Crippen LogP contribution in [0.5, 0.6) is 0 Å². The highest BCUT2D eigenvalue weighted by molar-refractivity contribution is 9.09. The number of nitrogens with zero attached hydrogens (tertiary/aromatic N) is 1. The number of carbonyl (C=O) groups is 1. The van der Waals surface area contributed by atoms with Crippen LogP contribution in [0.25, 0.3) is 10.8 Å². The number of alkyl halides is 1. The molecule has 1 fully saturated rings. The minimum Gasteiger partial charge on any atom is -0.308 e. The van der Waals surface area contributed by atoms with Crippen molar-refractivity contribution in [2.75, 3.05) is 11.4 Å². The second-order valence-electron chi connectivity index (χ2n) is 7.20. The van der Waals surface area contributed by atoms with Crippen LogP contribution in [0.2, 0.25) is 5.02 Å². The Morgan fingerprint density at radius 1 is 1.17 bits per heavy atom. The number of hydrogen-bond donors (Lipinski definition) is 1. The predicted octanol–water partition coefficient (Wildman–Crippen LogP) is 5.51. The zero-order chi connectivity index (χ0) is 21.4. The molecule has 1 aliphatic rings. The van der Waals surface area contributed by atoms with Gasteiger partial charge in [0.05, 0.1) is 10.6 Å². The Bertz CT molecular complexity index is 1160. The Balaban J connectivity index is 1.49. The number of fused-ring (bicyclic) bond motifs is 1. The summed E-state index contributed by atoms with van der Waals surface area (Å²) in [7, 11) is -1.57. The van der Waals surface area contributed by atoms with Crippen LogP contribution in [0.4, 0.5) is 10.1 Å². The van der Waals surface area contributed by atoms with Crippen LogP contribution < -0.4 is 9.62 Å². The molecule has 4 nitrogen and oxygen atoms in total. The van der Waals surface area contributed by atoms with E-state index in [2.05, 4.69) is 20.7 Å². The Morgan fingerprint density at radius 2 is 1.90 bits per heavy atom. The molecular weight excluding hydrogens is 491 g/mol. The highest BCUT2D eigenvalue weighted by Crippen LogP contribution is 2.30. The molecule has 0 bridgehead atoms. The molecule has 1 aliphatic heterocycles. The van der Waals surface area contributed by atoms with Crippen molar-refractivity contribution < 1.29 is 13.4 Å². The van der Waals surface area contributed by atoms with Crippen molar-refractivity contribution in [3.8, 4) is 0 Å². The van der Waals surface area contributed by atoms with Crippen molar-refractivity contribution in [2.45, 2.75) is 29.1 Å². The van der Waals surface area contributed by atoms with Crippen LogP contribution >= 0.6 is 27.5 Å². The molecular formula is C22H19BrClFN2O2S. The predicted molar refractivity (Wildman–Crippen MR) is 123 cm³/mol. The summed E-state index contributed by atoms with van der Waals surface area (Å²) < 4.78 is 30.3. The van der Waals surface area contributed by atoms with E-state index in [1.807, 2.05) is 31.2 Å². The molecule has 0 aromatic heterocycles. The number of halogens is 3. The molecule has 30 heavy (non-hydrogen) atoms. The van der Waals surface area contributed by atoms with Crippen molar-refractivity contribution in [3.63, 3.8) is 0 Å². The minimum atomic E-state index is -1.57. The van der Waals surface area contributed by atoms with Gasteiger partial charge in [0.2, 0.25) is 5.91 Å². The third kappa shape index (κ3) is 4.30. The molecule has 156 valence electrons. The van der Waals surface area contributed by atoms with Gasteiger partial charge < -0.3 is 4.90 Å². The zero-order valence-corrected chi connectivity index (χ0v) is 19.2. The monoisotopic (exact) mass is 508 g/mol. The first-order chi connectivity index (χ1) is 14.3. The number of benzene rings is 3. The molecule has 8 heteroatoms. The standard InChI is InChI=1S/C22H19BrClFN2O2S/c1-13(23)14-4-7-21(19(25)12-14)27-9-8-20(22(27)28)26-30(29)18-6-3-15-10-17(24)5-2-16(15)11-18/h2-7,10-13,20,26H,8-9H2,1H3. The minimum absolute atomic E-state index is 0.0187. The van der Waals surface area contributed by atoms with Gasteiger partial charge in [-0.15, -0.1) is 0 Å². The van der Waals surface area contributed by atoms with E-state index in [0.29, 0.717) is 22.9 Å². The van der Waals surface area contributed by atoms with E-state index >= 15 is 0 Å². The van der Waals surface area contributed by atoms with Crippen LogP contribution in [0.1, 0.15) is 23.7 Å². The number of hydrogen-bond acceptors (Lipinski definition) is 2. The summed E-state index contributed by atoms with van der Waals surface area (Å²) in [6.45, 7) is 2.27. The molecule has 3 aromatic rings. The van der Waals surface area contributed by atoms with Gasteiger partial charge in [-0.25, -0.2) is 13.3 Å². The van der Waals surface area contributed by atoms with Gasteiger partial charge in [-0.1, -0.05) is 45.7 Å². The highest BCUT2D eigenvalue weighted by atomic mass is 79.9. The largest absolute Gasteiger partial charge is 0.308 e. The first-order valence-corrected chi connectivity index (χ1v) is 11.9. The first-order valence-electron chi connectivity index (χ1n) is 9.45. The number of rotatable bonds is 5. The lowest BCUT2D eigenvalue weighted by Crippen LogP contribution is -2.39. The number of nitrogens with one attached hydrogen (secondary N) is 1. The van der Waals surface area contributed by atoms with E-state index in [1.165, 1.54) is 11.0 Å². The lowest BCUT2D eigenvalue weighted by atomic mass is 10.1. The summed E-state index contributed by atoms with van der Waals surface area (Å²) in [6.07, 6.45) is 0.448. The Kier molecular flexibility index (Phi) is 6.25. The fourth-order valence-electron chi connectivity index (χ4n) is 3.53. The fourth-order valence-corrected chi connectivity index (χ4v) is 5.03. The maximum atomic E-state index is 14.6. The molecule has 3 unspecified atom stereocenters. The van der Waals surface area contributed by atoms with E-state index in [4.69, 9.17) is 11.6 Å². The maximum absolute atomic E-state index is 14.6. The van der Waals surface area contributed by atoms with Crippen LogP contribution in [-0.4, -0.2) is 22.7 Å². The Hall–Kier alpha value is -1.80. The summed E-state index contributed by atoms with van der Waals surface area (Å²) in [6, 6.07) is 15.1. The van der Waals surface area contributed by atoms with Crippen molar-refractivity contribution in [1.29, 1.82) is 0 Å². The van der Waals surface area contributed by atoms with Gasteiger partial charge in [0, 0.05) is 16.4 Å². The molecule has 3 aromatic carbocycles. The molecule has 1 heterocycles. The van der Waals surface area contributed by atoms with E-state index in [9.17, 15) is 13.4 Å². The molecule has 1 N–H and O–H groups in total. The van der Waals surface area contributed by atoms with Gasteiger partial charge >= 0.3 is 0 Å². The topological polar surface area (TPSA) is 49.4 Å². The first kappa shape index (κ1) is 21.4. The van der Waals surface area contributed by atoms with Crippen LogP contribution in [0.15, 0.2) is 59.5 Å². The summed E-state index contributed by atoms with van der Waals surface area (Å²) in [5.41, 5.74) is 1.05. The Labute approximate surface area is 190 Å². The van der Waals surface area contributed by atoms with Gasteiger partial charge in [-0.3, -0.25) is 4.79 Å². The summed E-state index contributed by atoms with van der Waals surface area (Å²) in [5, 5.41) is 2.50. The average molecular weight is 510 g/mol. The quantitative estimate of drug-likeness (QED) is 0.461. The van der Waals surface area contributed by atoms with E-state index in [-0.39, 0.29) is 16.4 Å². The second-order valence-corrected chi connectivity index (χ2v) is 10.3. The van der Waals surface area contributed by atoms with Crippen LogP contribution in [0.3, 0.4) is 0 Å². The molecule has 0 aliphatic carbocycles. The van der Waals surface area contributed by atoms with Crippen molar-refractivity contribution >= 4 is 60.9 Å². The van der Waals surface area contributed by atoms with Gasteiger partial charge in [0.1, 0.15) is 22.8 Å². The molecule has 1 amide bonds. The van der Waals surface area contributed by atoms with E-state index in [0.717, 1.165) is 16.3 Å². The molecule has 0 spiro atoms. The average Bonchev–Trinajstić information content (AvgIpc) is 3.07. The van der Waals surface area contributed by atoms with E-state index in [1.54, 1.807) is 24.3 Å². The van der Waals surface area contributed by atoms with Crippen molar-refractivity contribution in [2.24, 2.45) is 0 Å².